The number of carbonyl (C=O) groups is 1. The first-order valence-corrected chi connectivity index (χ1v) is 14.8. The summed E-state index contributed by atoms with van der Waals surface area (Å²) in [6, 6.07) is 0. The molecule has 35 heavy (non-hydrogen) atoms. The van der Waals surface area contributed by atoms with Crippen LogP contribution in [0.4, 0.5) is 0 Å². The minimum Gasteiger partial charge on any atom is -0.462 e. The van der Waals surface area contributed by atoms with Gasteiger partial charge in [-0.3, -0.25) is 9.63 Å². The van der Waals surface area contributed by atoms with Gasteiger partial charge < -0.3 is 9.84 Å². The van der Waals surface area contributed by atoms with Crippen molar-refractivity contribution in [1.29, 1.82) is 0 Å². The molecular weight excluding hydrogens is 438 g/mol. The Morgan fingerprint density at radius 1 is 0.771 bits per heavy atom. The molecule has 1 heterocycles. The third-order valence-electron chi connectivity index (χ3n) is 7.15. The summed E-state index contributed by atoms with van der Waals surface area (Å²) in [5.41, 5.74) is -0.692. The molecule has 5 heteroatoms. The van der Waals surface area contributed by atoms with Gasteiger partial charge in [0.2, 0.25) is 0 Å². The summed E-state index contributed by atoms with van der Waals surface area (Å²) in [5.74, 6) is -1.32. The normalized spacial score (nSPS) is 18.6. The first-order chi connectivity index (χ1) is 16.4. The molecular formula is C30H59NO4. The molecule has 0 aromatic rings. The summed E-state index contributed by atoms with van der Waals surface area (Å²) in [5, 5.41) is 12.0. The number of hydrogen-bond acceptors (Lipinski definition) is 5. The molecule has 1 fully saturated rings. The Morgan fingerprint density at radius 3 is 1.51 bits per heavy atom. The number of hydroxylamine groups is 2. The van der Waals surface area contributed by atoms with Crippen molar-refractivity contribution in [3.8, 4) is 0 Å². The first kappa shape index (κ1) is 32.4. The molecule has 0 aliphatic carbocycles. The Kier molecular flexibility index (Phi) is 15.0. The average molecular weight is 498 g/mol. The topological polar surface area (TPSA) is 59.0 Å². The van der Waals surface area contributed by atoms with E-state index < -0.39 is 5.79 Å². The monoisotopic (exact) mass is 497 g/mol. The molecule has 0 saturated carbocycles. The van der Waals surface area contributed by atoms with Crippen LogP contribution in [0.15, 0.2) is 0 Å². The maximum atomic E-state index is 12.5. The average Bonchev–Trinajstić information content (AvgIpc) is 2.72. The number of hydrogen-bond donors (Lipinski definition) is 1. The zero-order valence-corrected chi connectivity index (χ0v) is 24.4. The van der Waals surface area contributed by atoms with E-state index in [1.807, 2.05) is 5.06 Å². The van der Waals surface area contributed by atoms with E-state index in [2.05, 4.69) is 34.6 Å². The van der Waals surface area contributed by atoms with Gasteiger partial charge in [-0.15, -0.1) is 0 Å². The Labute approximate surface area is 217 Å². The molecule has 1 aliphatic heterocycles. The molecule has 0 atom stereocenters. The summed E-state index contributed by atoms with van der Waals surface area (Å²) in [6.07, 6.45) is 21.6. The van der Waals surface area contributed by atoms with Crippen LogP contribution in [0, 0.1) is 0 Å². The van der Waals surface area contributed by atoms with E-state index in [-0.39, 0.29) is 23.2 Å². The van der Waals surface area contributed by atoms with Crippen LogP contribution in [0.25, 0.3) is 0 Å². The number of ether oxygens (including phenoxy) is 1. The Hall–Kier alpha value is -0.650. The molecule has 1 rings (SSSR count). The second-order valence-electron chi connectivity index (χ2n) is 12.7. The molecule has 1 saturated heterocycles. The maximum Gasteiger partial charge on any atom is 0.306 e. The zero-order valence-electron chi connectivity index (χ0n) is 24.4. The summed E-state index contributed by atoms with van der Waals surface area (Å²) in [4.78, 5) is 18.3. The highest BCUT2D eigenvalue weighted by atomic mass is 16.8. The van der Waals surface area contributed by atoms with Gasteiger partial charge in [-0.2, -0.15) is 5.06 Å². The molecule has 208 valence electrons. The summed E-state index contributed by atoms with van der Waals surface area (Å²) < 4.78 is 5.88. The van der Waals surface area contributed by atoms with Crippen LogP contribution in [0.1, 0.15) is 164 Å². The molecule has 5 nitrogen and oxygen atoms in total. The lowest BCUT2D eigenvalue weighted by molar-refractivity contribution is -0.384. The van der Waals surface area contributed by atoms with Crippen LogP contribution in [0.3, 0.4) is 0 Å². The van der Waals surface area contributed by atoms with Gasteiger partial charge in [0.15, 0.2) is 5.79 Å². The highest BCUT2D eigenvalue weighted by Crippen LogP contribution is 2.41. The van der Waals surface area contributed by atoms with Crippen LogP contribution in [0.5, 0.6) is 0 Å². The van der Waals surface area contributed by atoms with Crippen molar-refractivity contribution in [2.75, 3.05) is 0 Å². The third kappa shape index (κ3) is 14.6. The molecule has 0 bridgehead atoms. The van der Waals surface area contributed by atoms with Crippen molar-refractivity contribution >= 4 is 5.97 Å². The Bertz CT molecular complexity index is 549. The third-order valence-corrected chi connectivity index (χ3v) is 7.15. The van der Waals surface area contributed by atoms with Gasteiger partial charge >= 0.3 is 5.97 Å². The van der Waals surface area contributed by atoms with Crippen molar-refractivity contribution < 1.29 is 19.5 Å². The lowest BCUT2D eigenvalue weighted by atomic mass is 9.80. The summed E-state index contributed by atoms with van der Waals surface area (Å²) in [7, 11) is 0. The molecule has 0 spiro atoms. The van der Waals surface area contributed by atoms with Gasteiger partial charge in [-0.05, 0) is 48.0 Å². The number of esters is 1. The number of unbranched alkanes of at least 4 members (excludes halogenated alkanes) is 14. The van der Waals surface area contributed by atoms with Crippen LogP contribution in [-0.4, -0.2) is 39.1 Å². The molecule has 0 amide bonds. The number of carbonyl (C=O) groups excluding carboxylic acids is 1. The fourth-order valence-corrected chi connectivity index (χ4v) is 5.61. The van der Waals surface area contributed by atoms with Gasteiger partial charge in [0.25, 0.3) is 0 Å². The van der Waals surface area contributed by atoms with E-state index in [4.69, 9.17) is 9.57 Å². The predicted molar refractivity (Wildman–Crippen MR) is 146 cm³/mol. The van der Waals surface area contributed by atoms with Crippen LogP contribution >= 0.6 is 0 Å². The second kappa shape index (κ2) is 16.2. The zero-order chi connectivity index (χ0) is 26.4. The van der Waals surface area contributed by atoms with Crippen LogP contribution in [-0.2, 0) is 14.4 Å². The highest BCUT2D eigenvalue weighted by molar-refractivity contribution is 5.69. The Balaban J connectivity index is 2.10. The van der Waals surface area contributed by atoms with Crippen LogP contribution < -0.4 is 0 Å². The fourth-order valence-electron chi connectivity index (χ4n) is 5.61. The molecule has 0 aromatic carbocycles. The van der Waals surface area contributed by atoms with Gasteiger partial charge in [0.05, 0.1) is 0 Å². The van der Waals surface area contributed by atoms with E-state index in [0.717, 1.165) is 12.8 Å². The SMILES string of the molecule is CCCCCCCCCCCCCCCCCC(=O)OC1CC(C)(C)N(OC(C)(C)O)C(C)(C)C1. The summed E-state index contributed by atoms with van der Waals surface area (Å²) in [6.45, 7) is 13.9. The van der Waals surface area contributed by atoms with Gasteiger partial charge in [-0.1, -0.05) is 96.8 Å². The van der Waals surface area contributed by atoms with E-state index in [1.165, 1.54) is 83.5 Å². The maximum absolute atomic E-state index is 12.5. The minimum absolute atomic E-state index is 0.0758. The standard InChI is InChI=1S/C30H59NO4/c1-8-9-10-11-12-13-14-15-16-17-18-19-20-21-22-23-27(32)34-26-24-28(2,3)31(29(4,5)25-26)35-30(6,7)33/h26,33H,8-25H2,1-7H3. The lowest BCUT2D eigenvalue weighted by Crippen LogP contribution is -2.63. The predicted octanol–water partition coefficient (Wildman–Crippen LogP) is 8.47. The van der Waals surface area contributed by atoms with E-state index in [0.29, 0.717) is 19.3 Å². The minimum atomic E-state index is -1.24. The molecule has 0 unspecified atom stereocenters. The number of rotatable bonds is 19. The molecule has 0 aromatic heterocycles. The Morgan fingerprint density at radius 2 is 1.14 bits per heavy atom. The first-order valence-electron chi connectivity index (χ1n) is 14.8. The van der Waals surface area contributed by atoms with E-state index in [9.17, 15) is 9.90 Å². The van der Waals surface area contributed by atoms with Gasteiger partial charge in [0, 0.05) is 30.3 Å². The van der Waals surface area contributed by atoms with E-state index in [1.54, 1.807) is 13.8 Å². The highest BCUT2D eigenvalue weighted by Gasteiger charge is 2.49. The van der Waals surface area contributed by atoms with Crippen molar-refractivity contribution in [1.82, 2.24) is 5.06 Å². The van der Waals surface area contributed by atoms with Crippen LogP contribution in [0.2, 0.25) is 0 Å². The molecule has 1 aliphatic rings. The fraction of sp³-hybridized carbons (Fsp3) is 0.967. The number of aliphatic hydroxyl groups is 1. The van der Waals surface area contributed by atoms with Crippen molar-refractivity contribution in [3.05, 3.63) is 0 Å². The van der Waals surface area contributed by atoms with Gasteiger partial charge in [0.1, 0.15) is 6.10 Å². The number of nitrogens with zero attached hydrogens (tertiary/aromatic N) is 1. The van der Waals surface area contributed by atoms with E-state index >= 15 is 0 Å². The largest absolute Gasteiger partial charge is 0.462 e. The quantitative estimate of drug-likeness (QED) is 0.110. The van der Waals surface area contributed by atoms with Crippen molar-refractivity contribution in [2.45, 2.75) is 187 Å². The molecule has 0 radical (unpaired) electrons. The summed E-state index contributed by atoms with van der Waals surface area (Å²) >= 11 is 0. The van der Waals surface area contributed by atoms with Crippen molar-refractivity contribution in [3.63, 3.8) is 0 Å². The smallest absolute Gasteiger partial charge is 0.306 e. The molecule has 1 N–H and O–H groups in total. The second-order valence-corrected chi connectivity index (χ2v) is 12.7. The van der Waals surface area contributed by atoms with Crippen molar-refractivity contribution in [2.24, 2.45) is 0 Å². The lowest BCUT2D eigenvalue weighted by Gasteiger charge is -2.54. The number of piperidine rings is 1. The van der Waals surface area contributed by atoms with Gasteiger partial charge in [-0.25, -0.2) is 0 Å².